The molecule has 1 aromatic carbocycles. The number of hydrogen-bond donors (Lipinski definition) is 1. The van der Waals surface area contributed by atoms with Crippen LogP contribution in [-0.2, 0) is 9.53 Å². The van der Waals surface area contributed by atoms with Gasteiger partial charge in [0.25, 0.3) is 0 Å². The summed E-state index contributed by atoms with van der Waals surface area (Å²) in [7, 11) is 1.47. The number of anilines is 1. The highest BCUT2D eigenvalue weighted by Crippen LogP contribution is 2.42. The predicted molar refractivity (Wildman–Crippen MR) is 68.0 cm³/mol. The summed E-state index contributed by atoms with van der Waals surface area (Å²) in [4.78, 5) is 11.7. The van der Waals surface area contributed by atoms with Crippen molar-refractivity contribution in [2.45, 2.75) is 26.2 Å². The largest absolute Gasteiger partial charge is 0.469 e. The number of esters is 1. The molecule has 1 saturated carbocycles. The van der Waals surface area contributed by atoms with Gasteiger partial charge in [0.1, 0.15) is 0 Å². The number of benzene rings is 1. The van der Waals surface area contributed by atoms with Crippen molar-refractivity contribution in [2.24, 2.45) is 5.41 Å². The minimum absolute atomic E-state index is 0.0802. The van der Waals surface area contributed by atoms with Crippen molar-refractivity contribution in [1.82, 2.24) is 0 Å². The first-order valence-electron chi connectivity index (χ1n) is 6.05. The summed E-state index contributed by atoms with van der Waals surface area (Å²) in [5, 5.41) is 3.33. The normalized spacial score (nSPS) is 17.1. The van der Waals surface area contributed by atoms with Crippen LogP contribution in [0.15, 0.2) is 24.3 Å². The van der Waals surface area contributed by atoms with Crippen LogP contribution in [0.4, 0.5) is 5.69 Å². The van der Waals surface area contributed by atoms with Gasteiger partial charge in [0.05, 0.1) is 12.5 Å². The molecule has 1 aliphatic carbocycles. The summed E-state index contributed by atoms with van der Waals surface area (Å²) < 4.78 is 4.89. The van der Waals surface area contributed by atoms with Crippen molar-refractivity contribution in [2.75, 3.05) is 19.0 Å². The van der Waals surface area contributed by atoms with Gasteiger partial charge in [0.15, 0.2) is 0 Å². The van der Waals surface area contributed by atoms with Crippen LogP contribution < -0.4 is 5.32 Å². The second-order valence-corrected chi connectivity index (χ2v) is 4.85. The number of rotatable bonds is 4. The Bertz CT molecular complexity index is 393. The molecule has 92 valence electrons. The zero-order chi connectivity index (χ0) is 12.3. The van der Waals surface area contributed by atoms with Crippen LogP contribution in [0, 0.1) is 12.3 Å². The number of ether oxygens (including phenoxy) is 1. The zero-order valence-corrected chi connectivity index (χ0v) is 10.5. The van der Waals surface area contributed by atoms with Crippen LogP contribution >= 0.6 is 0 Å². The zero-order valence-electron chi connectivity index (χ0n) is 10.5. The van der Waals surface area contributed by atoms with Crippen LogP contribution in [0.1, 0.15) is 24.8 Å². The molecular formula is C14H19NO2. The van der Waals surface area contributed by atoms with E-state index in [0.717, 1.165) is 24.9 Å². The van der Waals surface area contributed by atoms with E-state index in [1.165, 1.54) is 12.7 Å². The van der Waals surface area contributed by atoms with Crippen molar-refractivity contribution < 1.29 is 9.53 Å². The van der Waals surface area contributed by atoms with Gasteiger partial charge in [-0.05, 0) is 31.9 Å². The van der Waals surface area contributed by atoms with Crippen LogP contribution in [0.25, 0.3) is 0 Å². The van der Waals surface area contributed by atoms with Gasteiger partial charge in [-0.1, -0.05) is 24.1 Å². The Morgan fingerprint density at radius 2 is 2.00 bits per heavy atom. The number of carbonyl (C=O) groups excluding carboxylic acids is 1. The fraction of sp³-hybridized carbons (Fsp3) is 0.500. The Morgan fingerprint density at radius 1 is 1.35 bits per heavy atom. The van der Waals surface area contributed by atoms with E-state index in [0.29, 0.717) is 6.54 Å². The topological polar surface area (TPSA) is 38.3 Å². The Balaban J connectivity index is 1.96. The van der Waals surface area contributed by atoms with Gasteiger partial charge in [0, 0.05) is 12.2 Å². The molecule has 1 aromatic rings. The van der Waals surface area contributed by atoms with Crippen LogP contribution in [0.3, 0.4) is 0 Å². The highest BCUT2D eigenvalue weighted by atomic mass is 16.5. The molecule has 0 aliphatic heterocycles. The molecule has 0 radical (unpaired) electrons. The minimum Gasteiger partial charge on any atom is -0.469 e. The van der Waals surface area contributed by atoms with E-state index in [2.05, 4.69) is 24.4 Å². The maximum atomic E-state index is 11.7. The average molecular weight is 233 g/mol. The van der Waals surface area contributed by atoms with E-state index < -0.39 is 0 Å². The van der Waals surface area contributed by atoms with Crippen molar-refractivity contribution in [3.63, 3.8) is 0 Å². The lowest BCUT2D eigenvalue weighted by molar-refractivity contribution is -0.157. The summed E-state index contributed by atoms with van der Waals surface area (Å²) in [6, 6.07) is 8.21. The SMILES string of the molecule is COC(=O)C1(CNc2ccc(C)cc2)CCC1. The summed E-state index contributed by atoms with van der Waals surface area (Å²) in [5.74, 6) is -0.0802. The van der Waals surface area contributed by atoms with E-state index in [9.17, 15) is 4.79 Å². The molecule has 0 atom stereocenters. The molecule has 0 saturated heterocycles. The monoisotopic (exact) mass is 233 g/mol. The third-order valence-electron chi connectivity index (χ3n) is 3.61. The molecule has 3 nitrogen and oxygen atoms in total. The second-order valence-electron chi connectivity index (χ2n) is 4.85. The van der Waals surface area contributed by atoms with Gasteiger partial charge in [-0.2, -0.15) is 0 Å². The maximum Gasteiger partial charge on any atom is 0.313 e. The summed E-state index contributed by atoms with van der Waals surface area (Å²) in [6.07, 6.45) is 2.97. The first-order valence-corrected chi connectivity index (χ1v) is 6.05. The van der Waals surface area contributed by atoms with Crippen LogP contribution in [0.2, 0.25) is 0 Å². The number of hydrogen-bond acceptors (Lipinski definition) is 3. The van der Waals surface area contributed by atoms with Crippen LogP contribution in [-0.4, -0.2) is 19.6 Å². The Kier molecular flexibility index (Phi) is 3.36. The number of carbonyl (C=O) groups is 1. The third kappa shape index (κ3) is 2.43. The Morgan fingerprint density at radius 3 is 2.47 bits per heavy atom. The number of methoxy groups -OCH3 is 1. The van der Waals surface area contributed by atoms with Gasteiger partial charge in [-0.25, -0.2) is 0 Å². The molecule has 1 N–H and O–H groups in total. The lowest BCUT2D eigenvalue weighted by atomic mass is 9.68. The van der Waals surface area contributed by atoms with E-state index in [1.807, 2.05) is 12.1 Å². The fourth-order valence-corrected chi connectivity index (χ4v) is 2.22. The van der Waals surface area contributed by atoms with Crippen molar-refractivity contribution in [3.05, 3.63) is 29.8 Å². The smallest absolute Gasteiger partial charge is 0.313 e. The van der Waals surface area contributed by atoms with Gasteiger partial charge in [-0.15, -0.1) is 0 Å². The third-order valence-corrected chi connectivity index (χ3v) is 3.61. The molecule has 17 heavy (non-hydrogen) atoms. The summed E-state index contributed by atoms with van der Waals surface area (Å²) in [5.41, 5.74) is 2.01. The Hall–Kier alpha value is -1.51. The predicted octanol–water partition coefficient (Wildman–Crippen LogP) is 2.75. The maximum absolute atomic E-state index is 11.7. The Labute approximate surface area is 102 Å². The molecule has 0 heterocycles. The molecule has 0 unspecified atom stereocenters. The first-order chi connectivity index (χ1) is 8.16. The molecule has 1 aliphatic rings. The van der Waals surface area contributed by atoms with E-state index in [4.69, 9.17) is 4.74 Å². The van der Waals surface area contributed by atoms with Gasteiger partial charge in [-0.3, -0.25) is 4.79 Å². The quantitative estimate of drug-likeness (QED) is 0.813. The fourth-order valence-electron chi connectivity index (χ4n) is 2.22. The molecule has 0 bridgehead atoms. The molecule has 1 fully saturated rings. The lowest BCUT2D eigenvalue weighted by Crippen LogP contribution is -2.44. The van der Waals surface area contributed by atoms with Crippen molar-refractivity contribution in [3.8, 4) is 0 Å². The van der Waals surface area contributed by atoms with Crippen molar-refractivity contribution >= 4 is 11.7 Å². The van der Waals surface area contributed by atoms with Gasteiger partial charge >= 0.3 is 5.97 Å². The lowest BCUT2D eigenvalue weighted by Gasteiger charge is -2.39. The number of aryl methyl sites for hydroxylation is 1. The minimum atomic E-state index is -0.292. The molecule has 0 amide bonds. The highest BCUT2D eigenvalue weighted by molar-refractivity contribution is 5.78. The van der Waals surface area contributed by atoms with E-state index in [1.54, 1.807) is 0 Å². The van der Waals surface area contributed by atoms with Crippen LogP contribution in [0.5, 0.6) is 0 Å². The standard InChI is InChI=1S/C14H19NO2/c1-11-4-6-12(7-5-11)15-10-14(8-3-9-14)13(16)17-2/h4-7,15H,3,8-10H2,1-2H3. The summed E-state index contributed by atoms with van der Waals surface area (Å²) in [6.45, 7) is 2.73. The highest BCUT2D eigenvalue weighted by Gasteiger charge is 2.44. The van der Waals surface area contributed by atoms with E-state index in [-0.39, 0.29) is 11.4 Å². The van der Waals surface area contributed by atoms with Gasteiger partial charge in [0.2, 0.25) is 0 Å². The molecule has 0 aromatic heterocycles. The molecule has 2 rings (SSSR count). The molecule has 3 heteroatoms. The van der Waals surface area contributed by atoms with E-state index >= 15 is 0 Å². The summed E-state index contributed by atoms with van der Waals surface area (Å²) >= 11 is 0. The van der Waals surface area contributed by atoms with Gasteiger partial charge < -0.3 is 10.1 Å². The first kappa shape index (κ1) is 12.0. The molecule has 0 spiro atoms. The van der Waals surface area contributed by atoms with Crippen molar-refractivity contribution in [1.29, 1.82) is 0 Å². The second kappa shape index (κ2) is 4.78. The number of nitrogens with one attached hydrogen (secondary N) is 1. The molecular weight excluding hydrogens is 214 g/mol. The average Bonchev–Trinajstić information content (AvgIpc) is 2.29.